The average molecular weight is 280 g/mol. The minimum Gasteiger partial charge on any atom is -0.495 e. The molecule has 0 saturated heterocycles. The summed E-state index contributed by atoms with van der Waals surface area (Å²) in [7, 11) is 1.62. The number of rotatable bonds is 5. The Hall–Kier alpha value is -2.47. The van der Waals surface area contributed by atoms with Crippen molar-refractivity contribution in [1.82, 2.24) is 0 Å². The van der Waals surface area contributed by atoms with Gasteiger partial charge in [-0.15, -0.1) is 0 Å². The molecule has 0 aromatic heterocycles. The van der Waals surface area contributed by atoms with Crippen LogP contribution in [0.3, 0.4) is 0 Å². The summed E-state index contributed by atoms with van der Waals surface area (Å²) < 4.78 is 5.39. The van der Waals surface area contributed by atoms with E-state index in [9.17, 15) is 0 Å². The lowest BCUT2D eigenvalue weighted by Crippen LogP contribution is -2.17. The van der Waals surface area contributed by atoms with E-state index in [1.165, 1.54) is 5.56 Å². The number of nitrogens with one attached hydrogen (secondary N) is 1. The molecule has 2 rings (SSSR count). The molecule has 0 saturated carbocycles. The Labute approximate surface area is 126 Å². The lowest BCUT2D eigenvalue weighted by molar-refractivity contribution is 0.414. The van der Waals surface area contributed by atoms with Crippen LogP contribution in [-0.4, -0.2) is 7.11 Å². The highest BCUT2D eigenvalue weighted by Crippen LogP contribution is 2.32. The predicted molar refractivity (Wildman–Crippen MR) is 85.4 cm³/mol. The monoisotopic (exact) mass is 280 g/mol. The minimum atomic E-state index is 0.188. The van der Waals surface area contributed by atoms with Crippen LogP contribution >= 0.6 is 0 Å². The molecule has 21 heavy (non-hydrogen) atoms. The standard InChI is InChI=1S/C18H20N2O/c1-13(2)18(15-7-5-4-6-8-15)20-16-10-9-14(12-19)11-17(16)21-3/h4-11,13,18,20H,1-3H3. The Morgan fingerprint density at radius 2 is 1.81 bits per heavy atom. The van der Waals surface area contributed by atoms with Crippen LogP contribution in [0.4, 0.5) is 5.69 Å². The number of hydrogen-bond donors (Lipinski definition) is 1. The molecule has 0 aliphatic rings. The molecule has 3 heteroatoms. The number of hydrogen-bond acceptors (Lipinski definition) is 3. The van der Waals surface area contributed by atoms with E-state index in [0.717, 1.165) is 5.69 Å². The highest BCUT2D eigenvalue weighted by molar-refractivity contribution is 5.60. The van der Waals surface area contributed by atoms with Gasteiger partial charge in [-0.3, -0.25) is 0 Å². The Kier molecular flexibility index (Phi) is 4.84. The van der Waals surface area contributed by atoms with E-state index in [-0.39, 0.29) is 6.04 Å². The van der Waals surface area contributed by atoms with Crippen molar-refractivity contribution in [1.29, 1.82) is 5.26 Å². The molecule has 3 nitrogen and oxygen atoms in total. The second-order valence-corrected chi connectivity index (χ2v) is 5.30. The number of methoxy groups -OCH3 is 1. The Morgan fingerprint density at radius 1 is 1.10 bits per heavy atom. The second-order valence-electron chi connectivity index (χ2n) is 5.30. The van der Waals surface area contributed by atoms with Crippen molar-refractivity contribution in [3.8, 4) is 11.8 Å². The van der Waals surface area contributed by atoms with Crippen molar-refractivity contribution in [2.75, 3.05) is 12.4 Å². The normalized spacial score (nSPS) is 11.8. The highest BCUT2D eigenvalue weighted by Gasteiger charge is 2.17. The van der Waals surface area contributed by atoms with Crippen molar-refractivity contribution >= 4 is 5.69 Å². The molecule has 0 amide bonds. The summed E-state index contributed by atoms with van der Waals surface area (Å²) in [4.78, 5) is 0. The van der Waals surface area contributed by atoms with Gasteiger partial charge in [0.05, 0.1) is 30.5 Å². The highest BCUT2D eigenvalue weighted by atomic mass is 16.5. The van der Waals surface area contributed by atoms with E-state index in [4.69, 9.17) is 10.00 Å². The Bertz CT molecular complexity index is 629. The molecule has 0 fully saturated rings. The molecule has 0 bridgehead atoms. The third-order valence-corrected chi connectivity index (χ3v) is 3.47. The van der Waals surface area contributed by atoms with E-state index < -0.39 is 0 Å². The number of anilines is 1. The van der Waals surface area contributed by atoms with Crippen molar-refractivity contribution in [3.63, 3.8) is 0 Å². The van der Waals surface area contributed by atoms with Gasteiger partial charge in [-0.25, -0.2) is 0 Å². The van der Waals surface area contributed by atoms with Crippen LogP contribution in [0.15, 0.2) is 48.5 Å². The van der Waals surface area contributed by atoms with Gasteiger partial charge in [-0.2, -0.15) is 5.26 Å². The van der Waals surface area contributed by atoms with Gasteiger partial charge in [0, 0.05) is 6.07 Å². The molecule has 108 valence electrons. The fraction of sp³-hybridized carbons (Fsp3) is 0.278. The molecular weight excluding hydrogens is 260 g/mol. The molecule has 2 aromatic carbocycles. The summed E-state index contributed by atoms with van der Waals surface area (Å²) in [5, 5.41) is 12.5. The average Bonchev–Trinajstić information content (AvgIpc) is 2.53. The number of ether oxygens (including phenoxy) is 1. The third kappa shape index (κ3) is 3.55. The fourth-order valence-electron chi connectivity index (χ4n) is 2.34. The molecule has 0 heterocycles. The molecule has 0 aliphatic carbocycles. The SMILES string of the molecule is COc1cc(C#N)ccc1NC(c1ccccc1)C(C)C. The maximum Gasteiger partial charge on any atom is 0.143 e. The smallest absolute Gasteiger partial charge is 0.143 e. The maximum atomic E-state index is 8.97. The Morgan fingerprint density at radius 3 is 2.38 bits per heavy atom. The molecule has 1 atom stereocenters. The first kappa shape index (κ1) is 14.9. The summed E-state index contributed by atoms with van der Waals surface area (Å²) >= 11 is 0. The van der Waals surface area contributed by atoms with Gasteiger partial charge in [-0.1, -0.05) is 44.2 Å². The van der Waals surface area contributed by atoms with Crippen LogP contribution in [-0.2, 0) is 0 Å². The van der Waals surface area contributed by atoms with Gasteiger partial charge in [0.25, 0.3) is 0 Å². The zero-order valence-electron chi connectivity index (χ0n) is 12.6. The van der Waals surface area contributed by atoms with Crippen LogP contribution in [0.1, 0.15) is 31.0 Å². The van der Waals surface area contributed by atoms with Crippen LogP contribution in [0.5, 0.6) is 5.75 Å². The van der Waals surface area contributed by atoms with E-state index in [1.54, 1.807) is 19.2 Å². The van der Waals surface area contributed by atoms with Crippen molar-refractivity contribution < 1.29 is 4.74 Å². The molecule has 0 spiro atoms. The zero-order chi connectivity index (χ0) is 15.2. The van der Waals surface area contributed by atoms with E-state index in [1.807, 2.05) is 24.3 Å². The summed E-state index contributed by atoms with van der Waals surface area (Å²) in [6.07, 6.45) is 0. The van der Waals surface area contributed by atoms with Gasteiger partial charge in [0.15, 0.2) is 0 Å². The first-order valence-electron chi connectivity index (χ1n) is 7.05. The van der Waals surface area contributed by atoms with Crippen LogP contribution in [0.25, 0.3) is 0 Å². The Balaban J connectivity index is 2.32. The third-order valence-electron chi connectivity index (χ3n) is 3.47. The lowest BCUT2D eigenvalue weighted by atomic mass is 9.95. The number of nitriles is 1. The van der Waals surface area contributed by atoms with Crippen molar-refractivity contribution in [3.05, 3.63) is 59.7 Å². The predicted octanol–water partition coefficient (Wildman–Crippen LogP) is 4.38. The van der Waals surface area contributed by atoms with Gasteiger partial charge in [-0.05, 0) is 23.6 Å². The summed E-state index contributed by atoms with van der Waals surface area (Å²) in [6.45, 7) is 4.36. The first-order chi connectivity index (χ1) is 10.2. The van der Waals surface area contributed by atoms with Crippen LogP contribution in [0, 0.1) is 17.2 Å². The first-order valence-corrected chi connectivity index (χ1v) is 7.05. The number of nitrogens with zero attached hydrogens (tertiary/aromatic N) is 1. The minimum absolute atomic E-state index is 0.188. The molecule has 0 aliphatic heterocycles. The zero-order valence-corrected chi connectivity index (χ0v) is 12.6. The van der Waals surface area contributed by atoms with Gasteiger partial charge in [0.1, 0.15) is 5.75 Å². The fourth-order valence-corrected chi connectivity index (χ4v) is 2.34. The van der Waals surface area contributed by atoms with Crippen molar-refractivity contribution in [2.45, 2.75) is 19.9 Å². The van der Waals surface area contributed by atoms with Gasteiger partial charge < -0.3 is 10.1 Å². The van der Waals surface area contributed by atoms with Gasteiger partial charge in [0.2, 0.25) is 0 Å². The van der Waals surface area contributed by atoms with Crippen LogP contribution in [0.2, 0.25) is 0 Å². The summed E-state index contributed by atoms with van der Waals surface area (Å²) in [5.74, 6) is 1.11. The van der Waals surface area contributed by atoms with E-state index in [0.29, 0.717) is 17.2 Å². The number of benzene rings is 2. The quantitative estimate of drug-likeness (QED) is 0.884. The lowest BCUT2D eigenvalue weighted by Gasteiger charge is -2.25. The molecule has 2 aromatic rings. The molecule has 1 unspecified atom stereocenters. The summed E-state index contributed by atoms with van der Waals surface area (Å²) in [6, 6.07) is 18.1. The van der Waals surface area contributed by atoms with Crippen LogP contribution < -0.4 is 10.1 Å². The van der Waals surface area contributed by atoms with Crippen molar-refractivity contribution in [2.24, 2.45) is 5.92 Å². The van der Waals surface area contributed by atoms with E-state index in [2.05, 4.69) is 37.4 Å². The molecule has 0 radical (unpaired) electrons. The topological polar surface area (TPSA) is 45.0 Å². The second kappa shape index (κ2) is 6.81. The largest absolute Gasteiger partial charge is 0.495 e. The maximum absolute atomic E-state index is 8.97. The summed E-state index contributed by atoms with van der Waals surface area (Å²) in [5.41, 5.74) is 2.73. The van der Waals surface area contributed by atoms with Gasteiger partial charge >= 0.3 is 0 Å². The van der Waals surface area contributed by atoms with E-state index >= 15 is 0 Å². The molecular formula is C18H20N2O. The molecule has 1 N–H and O–H groups in total.